The summed E-state index contributed by atoms with van der Waals surface area (Å²) in [5.74, 6) is 0.332. The van der Waals surface area contributed by atoms with Crippen LogP contribution < -0.4 is 14.4 Å². The van der Waals surface area contributed by atoms with Gasteiger partial charge in [0.15, 0.2) is 0 Å². The molecule has 5 nitrogen and oxygen atoms in total. The number of para-hydroxylation sites is 3. The van der Waals surface area contributed by atoms with Crippen molar-refractivity contribution in [1.29, 1.82) is 0 Å². The van der Waals surface area contributed by atoms with E-state index in [-0.39, 0.29) is 4.90 Å². The molecule has 6 heteroatoms. The summed E-state index contributed by atoms with van der Waals surface area (Å²) < 4.78 is 33.4. The van der Waals surface area contributed by atoms with E-state index in [0.717, 1.165) is 31.6 Å². The van der Waals surface area contributed by atoms with Crippen LogP contribution in [0.4, 0.5) is 11.4 Å². The van der Waals surface area contributed by atoms with Crippen molar-refractivity contribution >= 4 is 21.4 Å². The molecule has 1 aliphatic heterocycles. The van der Waals surface area contributed by atoms with E-state index in [4.69, 9.17) is 4.74 Å². The van der Waals surface area contributed by atoms with Crippen molar-refractivity contribution in [2.75, 3.05) is 29.8 Å². The highest BCUT2D eigenvalue weighted by Crippen LogP contribution is 2.32. The first-order valence-corrected chi connectivity index (χ1v) is 9.10. The molecule has 2 aromatic carbocycles. The van der Waals surface area contributed by atoms with Gasteiger partial charge in [0.1, 0.15) is 10.6 Å². The van der Waals surface area contributed by atoms with Gasteiger partial charge in [-0.15, -0.1) is 0 Å². The number of rotatable bonds is 5. The lowest BCUT2D eigenvalue weighted by molar-refractivity contribution is 0.403. The largest absolute Gasteiger partial charge is 0.495 e. The lowest BCUT2D eigenvalue weighted by Crippen LogP contribution is -2.21. The summed E-state index contributed by atoms with van der Waals surface area (Å²) in [5.41, 5.74) is 1.52. The molecule has 0 atom stereocenters. The molecule has 0 aliphatic carbocycles. The molecule has 1 N–H and O–H groups in total. The first-order chi connectivity index (χ1) is 11.1. The van der Waals surface area contributed by atoms with E-state index in [1.54, 1.807) is 30.3 Å². The Labute approximate surface area is 136 Å². The number of nitrogens with one attached hydrogen (secondary N) is 1. The van der Waals surface area contributed by atoms with Crippen LogP contribution in [0, 0.1) is 0 Å². The van der Waals surface area contributed by atoms with Gasteiger partial charge in [0.2, 0.25) is 0 Å². The molecule has 0 bridgehead atoms. The van der Waals surface area contributed by atoms with Crippen LogP contribution in [0.25, 0.3) is 0 Å². The van der Waals surface area contributed by atoms with Crippen molar-refractivity contribution in [3.8, 4) is 5.75 Å². The predicted octanol–water partition coefficient (Wildman–Crippen LogP) is 3.10. The molecule has 0 radical (unpaired) electrons. The fourth-order valence-electron chi connectivity index (χ4n) is 2.83. The van der Waals surface area contributed by atoms with E-state index in [1.807, 2.05) is 18.2 Å². The standard InChI is InChI=1S/C17H20N2O3S/c1-22-16-10-4-5-11-17(16)23(20,21)18-14-8-2-3-9-15(14)19-12-6-7-13-19/h2-5,8-11,18H,6-7,12-13H2,1H3. The molecule has 0 saturated carbocycles. The Bertz CT molecular complexity index is 784. The average molecular weight is 332 g/mol. The average Bonchev–Trinajstić information content (AvgIpc) is 3.09. The zero-order chi connectivity index (χ0) is 16.3. The molecule has 1 heterocycles. The molecule has 0 spiro atoms. The Kier molecular flexibility index (Phi) is 4.43. The van der Waals surface area contributed by atoms with Gasteiger partial charge in [-0.1, -0.05) is 24.3 Å². The van der Waals surface area contributed by atoms with E-state index in [9.17, 15) is 8.42 Å². The van der Waals surface area contributed by atoms with Crippen molar-refractivity contribution in [1.82, 2.24) is 0 Å². The first-order valence-electron chi connectivity index (χ1n) is 7.61. The zero-order valence-corrected chi connectivity index (χ0v) is 13.8. The Balaban J connectivity index is 1.95. The van der Waals surface area contributed by atoms with Crippen LogP contribution in [-0.4, -0.2) is 28.6 Å². The number of ether oxygens (including phenoxy) is 1. The quantitative estimate of drug-likeness (QED) is 0.914. The van der Waals surface area contributed by atoms with E-state index in [1.165, 1.54) is 7.11 Å². The molecule has 23 heavy (non-hydrogen) atoms. The molecule has 122 valence electrons. The molecule has 3 rings (SSSR count). The molecule has 2 aromatic rings. The summed E-state index contributed by atoms with van der Waals surface area (Å²) in [4.78, 5) is 2.35. The van der Waals surface area contributed by atoms with Crippen LogP contribution in [0.1, 0.15) is 12.8 Å². The molecule has 0 aromatic heterocycles. The SMILES string of the molecule is COc1ccccc1S(=O)(=O)Nc1ccccc1N1CCCC1. The highest BCUT2D eigenvalue weighted by Gasteiger charge is 2.22. The van der Waals surface area contributed by atoms with Gasteiger partial charge in [0, 0.05) is 13.1 Å². The minimum Gasteiger partial charge on any atom is -0.495 e. The van der Waals surface area contributed by atoms with Gasteiger partial charge >= 0.3 is 0 Å². The van der Waals surface area contributed by atoms with Crippen molar-refractivity contribution < 1.29 is 13.2 Å². The normalized spacial score (nSPS) is 14.7. The minimum absolute atomic E-state index is 0.138. The summed E-state index contributed by atoms with van der Waals surface area (Å²) in [6, 6.07) is 14.1. The number of hydrogen-bond acceptors (Lipinski definition) is 4. The molecular formula is C17H20N2O3S. The maximum atomic E-state index is 12.7. The van der Waals surface area contributed by atoms with Crippen LogP contribution in [0.15, 0.2) is 53.4 Å². The van der Waals surface area contributed by atoms with Gasteiger partial charge in [0.05, 0.1) is 18.5 Å². The second-order valence-corrected chi connectivity index (χ2v) is 7.12. The summed E-state index contributed by atoms with van der Waals surface area (Å²) in [6.45, 7) is 1.90. The van der Waals surface area contributed by atoms with E-state index < -0.39 is 10.0 Å². The molecular weight excluding hydrogens is 312 g/mol. The van der Waals surface area contributed by atoms with Gasteiger partial charge < -0.3 is 9.64 Å². The number of nitrogens with zero attached hydrogens (tertiary/aromatic N) is 1. The lowest BCUT2D eigenvalue weighted by Gasteiger charge is -2.22. The Hall–Kier alpha value is -2.21. The van der Waals surface area contributed by atoms with E-state index in [2.05, 4.69) is 9.62 Å². The van der Waals surface area contributed by atoms with Crippen molar-refractivity contribution in [3.63, 3.8) is 0 Å². The minimum atomic E-state index is -3.71. The van der Waals surface area contributed by atoms with Gasteiger partial charge in [-0.05, 0) is 37.1 Å². The molecule has 1 saturated heterocycles. The monoisotopic (exact) mass is 332 g/mol. The van der Waals surface area contributed by atoms with Gasteiger partial charge in [-0.3, -0.25) is 4.72 Å². The first kappa shape index (κ1) is 15.7. The number of hydrogen-bond donors (Lipinski definition) is 1. The zero-order valence-electron chi connectivity index (χ0n) is 13.0. The fourth-order valence-corrected chi connectivity index (χ4v) is 4.08. The summed E-state index contributed by atoms with van der Waals surface area (Å²) >= 11 is 0. The molecule has 0 amide bonds. The number of methoxy groups -OCH3 is 1. The summed E-state index contributed by atoms with van der Waals surface area (Å²) in [5, 5.41) is 0. The maximum absolute atomic E-state index is 12.7. The second-order valence-electron chi connectivity index (χ2n) is 5.47. The van der Waals surface area contributed by atoms with Crippen LogP contribution >= 0.6 is 0 Å². The maximum Gasteiger partial charge on any atom is 0.265 e. The molecule has 1 aliphatic rings. The van der Waals surface area contributed by atoms with Crippen LogP contribution in [0.3, 0.4) is 0 Å². The molecule has 0 unspecified atom stereocenters. The fraction of sp³-hybridized carbons (Fsp3) is 0.294. The Morgan fingerprint density at radius 1 is 1.00 bits per heavy atom. The Morgan fingerprint density at radius 2 is 1.65 bits per heavy atom. The third-order valence-electron chi connectivity index (χ3n) is 3.95. The number of sulfonamides is 1. The van der Waals surface area contributed by atoms with Crippen LogP contribution in [0.5, 0.6) is 5.75 Å². The third kappa shape index (κ3) is 3.27. The Morgan fingerprint density at radius 3 is 2.39 bits per heavy atom. The van der Waals surface area contributed by atoms with Crippen LogP contribution in [-0.2, 0) is 10.0 Å². The topological polar surface area (TPSA) is 58.6 Å². The molecule has 1 fully saturated rings. The highest BCUT2D eigenvalue weighted by molar-refractivity contribution is 7.92. The smallest absolute Gasteiger partial charge is 0.265 e. The van der Waals surface area contributed by atoms with Gasteiger partial charge in [-0.25, -0.2) is 8.42 Å². The van der Waals surface area contributed by atoms with E-state index >= 15 is 0 Å². The number of anilines is 2. The van der Waals surface area contributed by atoms with Crippen molar-refractivity contribution in [2.24, 2.45) is 0 Å². The predicted molar refractivity (Wildman–Crippen MR) is 91.7 cm³/mol. The van der Waals surface area contributed by atoms with Crippen molar-refractivity contribution in [2.45, 2.75) is 17.7 Å². The van der Waals surface area contributed by atoms with E-state index in [0.29, 0.717) is 11.4 Å². The summed E-state index contributed by atoms with van der Waals surface area (Å²) in [6.07, 6.45) is 2.27. The lowest BCUT2D eigenvalue weighted by atomic mass is 10.2. The summed E-state index contributed by atoms with van der Waals surface area (Å²) in [7, 11) is -2.24. The van der Waals surface area contributed by atoms with Gasteiger partial charge in [0.25, 0.3) is 10.0 Å². The number of benzene rings is 2. The highest BCUT2D eigenvalue weighted by atomic mass is 32.2. The second kappa shape index (κ2) is 6.50. The third-order valence-corrected chi connectivity index (χ3v) is 5.36. The van der Waals surface area contributed by atoms with Gasteiger partial charge in [-0.2, -0.15) is 0 Å². The van der Waals surface area contributed by atoms with Crippen molar-refractivity contribution in [3.05, 3.63) is 48.5 Å². The van der Waals surface area contributed by atoms with Crippen LogP contribution in [0.2, 0.25) is 0 Å².